The van der Waals surface area contributed by atoms with E-state index in [2.05, 4.69) is 44.0 Å². The Morgan fingerprint density at radius 2 is 1.77 bits per heavy atom. The van der Waals surface area contributed by atoms with Crippen molar-refractivity contribution in [2.75, 3.05) is 31.1 Å². The third kappa shape index (κ3) is 3.98. The van der Waals surface area contributed by atoms with Crippen molar-refractivity contribution in [3.8, 4) is 17.5 Å². The number of benzene rings is 2. The topological polar surface area (TPSA) is 82.1 Å². The molecule has 0 N–H and O–H groups in total. The maximum Gasteiger partial charge on any atom is 0.241 e. The van der Waals surface area contributed by atoms with E-state index in [1.165, 1.54) is 5.56 Å². The second-order valence-corrected chi connectivity index (χ2v) is 7.80. The lowest BCUT2D eigenvalue weighted by molar-refractivity contribution is 0.215. The number of pyridine rings is 1. The number of piperazine rings is 1. The molecule has 1 aliphatic heterocycles. The highest BCUT2D eigenvalue weighted by Gasteiger charge is 2.21. The highest BCUT2D eigenvalue weighted by molar-refractivity contribution is 5.92. The normalized spacial score (nSPS) is 14.6. The van der Waals surface area contributed by atoms with Crippen molar-refractivity contribution >= 4 is 16.6 Å². The number of hydrogen-bond donors (Lipinski definition) is 0. The van der Waals surface area contributed by atoms with Crippen LogP contribution in [-0.2, 0) is 6.54 Å². The number of anilines is 1. The molecule has 0 bridgehead atoms. The first-order chi connectivity index (χ1) is 15.2. The predicted octanol–water partition coefficient (Wildman–Crippen LogP) is 3.79. The third-order valence-electron chi connectivity index (χ3n) is 5.66. The van der Waals surface area contributed by atoms with Gasteiger partial charge in [-0.05, 0) is 19.1 Å². The maximum absolute atomic E-state index is 9.36. The van der Waals surface area contributed by atoms with Crippen LogP contribution in [0.25, 0.3) is 22.3 Å². The standard InChI is InChI=1S/C24H22N6O/c1-17-6-8-18(9-7-17)24-27-23(31-28-24)16-29-10-12-30(13-11-29)22-14-19(15-25)26-21-5-3-2-4-20(21)22/h2-9,14H,10-13,16H2,1H3. The minimum atomic E-state index is 0.450. The van der Waals surface area contributed by atoms with Crippen LogP contribution in [-0.4, -0.2) is 46.2 Å². The van der Waals surface area contributed by atoms with Crippen molar-refractivity contribution in [2.24, 2.45) is 0 Å². The molecule has 0 radical (unpaired) electrons. The van der Waals surface area contributed by atoms with Gasteiger partial charge < -0.3 is 9.42 Å². The molecule has 4 aromatic rings. The molecule has 0 unspecified atom stereocenters. The van der Waals surface area contributed by atoms with Gasteiger partial charge in [-0.15, -0.1) is 0 Å². The molecule has 31 heavy (non-hydrogen) atoms. The Kier molecular flexibility index (Phi) is 5.06. The summed E-state index contributed by atoms with van der Waals surface area (Å²) in [5.41, 5.74) is 4.54. The van der Waals surface area contributed by atoms with E-state index in [9.17, 15) is 5.26 Å². The van der Waals surface area contributed by atoms with Crippen LogP contribution < -0.4 is 4.90 Å². The van der Waals surface area contributed by atoms with Gasteiger partial charge in [0.1, 0.15) is 11.8 Å². The summed E-state index contributed by atoms with van der Waals surface area (Å²) in [7, 11) is 0. The Morgan fingerprint density at radius 1 is 1.00 bits per heavy atom. The van der Waals surface area contributed by atoms with Crippen molar-refractivity contribution in [2.45, 2.75) is 13.5 Å². The quantitative estimate of drug-likeness (QED) is 0.506. The van der Waals surface area contributed by atoms with Gasteiger partial charge in [-0.25, -0.2) is 4.98 Å². The molecule has 1 aliphatic rings. The number of fused-ring (bicyclic) bond motifs is 1. The molecule has 5 rings (SSSR count). The number of aryl methyl sites for hydroxylation is 1. The Bertz CT molecular complexity index is 1250. The lowest BCUT2D eigenvalue weighted by atomic mass is 10.1. The molecule has 1 saturated heterocycles. The van der Waals surface area contributed by atoms with Gasteiger partial charge in [-0.1, -0.05) is 53.2 Å². The molecule has 0 saturated carbocycles. The van der Waals surface area contributed by atoms with Gasteiger partial charge in [-0.3, -0.25) is 4.90 Å². The Hall–Kier alpha value is -3.76. The van der Waals surface area contributed by atoms with Gasteiger partial charge >= 0.3 is 0 Å². The molecule has 154 valence electrons. The second-order valence-electron chi connectivity index (χ2n) is 7.80. The zero-order chi connectivity index (χ0) is 21.2. The average Bonchev–Trinajstić information content (AvgIpc) is 3.28. The fourth-order valence-corrected chi connectivity index (χ4v) is 3.95. The summed E-state index contributed by atoms with van der Waals surface area (Å²) < 4.78 is 5.49. The minimum absolute atomic E-state index is 0.450. The van der Waals surface area contributed by atoms with E-state index < -0.39 is 0 Å². The maximum atomic E-state index is 9.36. The highest BCUT2D eigenvalue weighted by Crippen LogP contribution is 2.28. The zero-order valence-electron chi connectivity index (χ0n) is 17.3. The number of rotatable bonds is 4. The molecule has 3 heterocycles. The minimum Gasteiger partial charge on any atom is -0.368 e. The smallest absolute Gasteiger partial charge is 0.241 e. The summed E-state index contributed by atoms with van der Waals surface area (Å²) >= 11 is 0. The average molecular weight is 410 g/mol. The van der Waals surface area contributed by atoms with Gasteiger partial charge in [0.2, 0.25) is 11.7 Å². The third-order valence-corrected chi connectivity index (χ3v) is 5.66. The molecule has 7 nitrogen and oxygen atoms in total. The molecule has 2 aromatic heterocycles. The van der Waals surface area contributed by atoms with Gasteiger partial charge in [0, 0.05) is 42.8 Å². The van der Waals surface area contributed by atoms with E-state index in [0.29, 0.717) is 24.0 Å². The van der Waals surface area contributed by atoms with E-state index in [0.717, 1.165) is 48.3 Å². The van der Waals surface area contributed by atoms with Gasteiger partial charge in [0.15, 0.2) is 0 Å². The second kappa shape index (κ2) is 8.17. The Labute approximate surface area is 180 Å². The van der Waals surface area contributed by atoms with E-state index in [1.54, 1.807) is 0 Å². The number of nitriles is 1. The number of hydrogen-bond acceptors (Lipinski definition) is 7. The number of aromatic nitrogens is 3. The number of para-hydroxylation sites is 1. The van der Waals surface area contributed by atoms with Crippen molar-refractivity contribution in [1.29, 1.82) is 5.26 Å². The van der Waals surface area contributed by atoms with E-state index in [4.69, 9.17) is 4.52 Å². The molecule has 0 amide bonds. The van der Waals surface area contributed by atoms with Crippen LogP contribution in [0.5, 0.6) is 0 Å². The van der Waals surface area contributed by atoms with Gasteiger partial charge in [-0.2, -0.15) is 10.2 Å². The van der Waals surface area contributed by atoms with Crippen molar-refractivity contribution < 1.29 is 4.52 Å². The lowest BCUT2D eigenvalue weighted by Gasteiger charge is -2.36. The van der Waals surface area contributed by atoms with E-state index in [-0.39, 0.29) is 0 Å². The first kappa shape index (κ1) is 19.2. The molecule has 1 fully saturated rings. The van der Waals surface area contributed by atoms with Gasteiger partial charge in [0.25, 0.3) is 0 Å². The predicted molar refractivity (Wildman–Crippen MR) is 118 cm³/mol. The molecule has 7 heteroatoms. The molecule has 0 spiro atoms. The van der Waals surface area contributed by atoms with Crippen LogP contribution in [0.15, 0.2) is 59.1 Å². The summed E-state index contributed by atoms with van der Waals surface area (Å²) in [4.78, 5) is 13.6. The SMILES string of the molecule is Cc1ccc(-c2noc(CN3CCN(c4cc(C#N)nc5ccccc45)CC3)n2)cc1. The fraction of sp³-hybridized carbons (Fsp3) is 0.250. The van der Waals surface area contributed by atoms with E-state index in [1.807, 2.05) is 48.5 Å². The number of nitrogens with zero attached hydrogens (tertiary/aromatic N) is 6. The highest BCUT2D eigenvalue weighted by atomic mass is 16.5. The fourth-order valence-electron chi connectivity index (χ4n) is 3.95. The Morgan fingerprint density at radius 3 is 2.55 bits per heavy atom. The first-order valence-corrected chi connectivity index (χ1v) is 10.4. The lowest BCUT2D eigenvalue weighted by Crippen LogP contribution is -2.46. The Balaban J connectivity index is 1.27. The first-order valence-electron chi connectivity index (χ1n) is 10.4. The molecule has 0 aliphatic carbocycles. The van der Waals surface area contributed by atoms with Crippen LogP contribution in [0.2, 0.25) is 0 Å². The monoisotopic (exact) mass is 410 g/mol. The summed E-state index contributed by atoms with van der Waals surface area (Å²) in [6, 6.07) is 20.2. The molecular formula is C24H22N6O. The molecule has 2 aromatic carbocycles. The van der Waals surface area contributed by atoms with Crippen molar-refractivity contribution in [3.63, 3.8) is 0 Å². The van der Waals surface area contributed by atoms with Gasteiger partial charge in [0.05, 0.1) is 12.1 Å². The van der Waals surface area contributed by atoms with Crippen LogP contribution in [0, 0.1) is 18.3 Å². The van der Waals surface area contributed by atoms with Crippen LogP contribution in [0.4, 0.5) is 5.69 Å². The largest absolute Gasteiger partial charge is 0.368 e. The summed E-state index contributed by atoms with van der Waals surface area (Å²) in [6.07, 6.45) is 0. The zero-order valence-corrected chi connectivity index (χ0v) is 17.3. The molecule has 0 atom stereocenters. The summed E-state index contributed by atoms with van der Waals surface area (Å²) in [6.45, 7) is 6.16. The summed E-state index contributed by atoms with van der Waals surface area (Å²) in [5, 5.41) is 14.6. The summed E-state index contributed by atoms with van der Waals surface area (Å²) in [5.74, 6) is 1.26. The molecular weight excluding hydrogens is 388 g/mol. The van der Waals surface area contributed by atoms with Crippen molar-refractivity contribution in [3.05, 3.63) is 71.7 Å². The van der Waals surface area contributed by atoms with Crippen LogP contribution >= 0.6 is 0 Å². The van der Waals surface area contributed by atoms with Crippen LogP contribution in [0.3, 0.4) is 0 Å². The van der Waals surface area contributed by atoms with Crippen molar-refractivity contribution in [1.82, 2.24) is 20.0 Å². The van der Waals surface area contributed by atoms with Crippen LogP contribution in [0.1, 0.15) is 17.1 Å². The van der Waals surface area contributed by atoms with E-state index >= 15 is 0 Å².